The highest BCUT2D eigenvalue weighted by Crippen LogP contribution is 2.39. The lowest BCUT2D eigenvalue weighted by molar-refractivity contribution is -0.857. The van der Waals surface area contributed by atoms with Crippen molar-refractivity contribution in [3.63, 3.8) is 0 Å². The van der Waals surface area contributed by atoms with Crippen LogP contribution in [0.5, 0.6) is 5.75 Å². The molecule has 2 N–H and O–H groups in total. The molecule has 1 aliphatic rings. The first-order valence-corrected chi connectivity index (χ1v) is 9.62. The van der Waals surface area contributed by atoms with E-state index in [1.165, 1.54) is 4.90 Å². The first-order valence-electron chi connectivity index (χ1n) is 9.62. The topological polar surface area (TPSA) is 71.3 Å². The number of hydrogen-bond acceptors (Lipinski definition) is 4. The van der Waals surface area contributed by atoms with Crippen LogP contribution in [0.15, 0.2) is 54.1 Å². The number of aliphatic hydroxyl groups is 1. The second kappa shape index (κ2) is 8.49. The van der Waals surface area contributed by atoms with Crippen LogP contribution in [0, 0.1) is 6.92 Å². The third-order valence-electron chi connectivity index (χ3n) is 5.20. The number of aliphatic hydroxyl groups excluding tert-OH is 1. The van der Waals surface area contributed by atoms with Crippen LogP contribution in [0.25, 0.3) is 5.76 Å². The zero-order valence-corrected chi connectivity index (χ0v) is 17.2. The van der Waals surface area contributed by atoms with Crippen molar-refractivity contribution >= 4 is 17.4 Å². The van der Waals surface area contributed by atoms with Crippen molar-refractivity contribution in [2.45, 2.75) is 13.0 Å². The van der Waals surface area contributed by atoms with E-state index in [0.29, 0.717) is 24.4 Å². The molecule has 0 radical (unpaired) electrons. The van der Waals surface area contributed by atoms with Crippen molar-refractivity contribution in [3.8, 4) is 5.75 Å². The van der Waals surface area contributed by atoms with E-state index in [9.17, 15) is 14.7 Å². The van der Waals surface area contributed by atoms with Crippen LogP contribution in [0.1, 0.15) is 22.7 Å². The fourth-order valence-electron chi connectivity index (χ4n) is 3.61. The van der Waals surface area contributed by atoms with E-state index in [1.807, 2.05) is 51.4 Å². The number of aryl methyl sites for hydroxylation is 1. The first kappa shape index (κ1) is 20.6. The predicted octanol–water partition coefficient (Wildman–Crippen LogP) is 1.57. The molecule has 0 unspecified atom stereocenters. The summed E-state index contributed by atoms with van der Waals surface area (Å²) in [6.07, 6.45) is 0. The zero-order chi connectivity index (χ0) is 21.1. The average molecular weight is 395 g/mol. The second-order valence-corrected chi connectivity index (χ2v) is 7.54. The van der Waals surface area contributed by atoms with Gasteiger partial charge in [0.1, 0.15) is 11.5 Å². The van der Waals surface area contributed by atoms with Gasteiger partial charge in [0, 0.05) is 5.56 Å². The lowest BCUT2D eigenvalue weighted by atomic mass is 9.94. The Kier molecular flexibility index (Phi) is 6.03. The van der Waals surface area contributed by atoms with E-state index in [-0.39, 0.29) is 11.3 Å². The Bertz CT molecular complexity index is 951. The van der Waals surface area contributed by atoms with Crippen molar-refractivity contribution in [2.24, 2.45) is 0 Å². The smallest absolute Gasteiger partial charge is 0.295 e. The molecule has 2 aromatic rings. The van der Waals surface area contributed by atoms with E-state index in [0.717, 1.165) is 11.1 Å². The Morgan fingerprint density at radius 2 is 1.83 bits per heavy atom. The minimum atomic E-state index is -0.652. The van der Waals surface area contributed by atoms with Crippen molar-refractivity contribution in [2.75, 3.05) is 34.3 Å². The molecule has 1 saturated heterocycles. The molecule has 1 aliphatic heterocycles. The Balaban J connectivity index is 2.15. The number of carbonyl (C=O) groups excluding carboxylic acids is 2. The van der Waals surface area contributed by atoms with Crippen molar-refractivity contribution in [1.29, 1.82) is 0 Å². The maximum Gasteiger partial charge on any atom is 0.295 e. The van der Waals surface area contributed by atoms with Gasteiger partial charge in [-0.2, -0.15) is 0 Å². The maximum atomic E-state index is 13.0. The molecule has 29 heavy (non-hydrogen) atoms. The summed E-state index contributed by atoms with van der Waals surface area (Å²) < 4.78 is 5.23. The molecule has 6 nitrogen and oxygen atoms in total. The van der Waals surface area contributed by atoms with Crippen LogP contribution in [-0.2, 0) is 9.59 Å². The highest BCUT2D eigenvalue weighted by molar-refractivity contribution is 6.46. The largest absolute Gasteiger partial charge is 0.507 e. The minimum Gasteiger partial charge on any atom is -0.507 e. The normalized spacial score (nSPS) is 18.5. The molecular formula is C23H27N2O4+. The van der Waals surface area contributed by atoms with E-state index in [1.54, 1.807) is 30.2 Å². The summed E-state index contributed by atoms with van der Waals surface area (Å²) in [6, 6.07) is 14.0. The third-order valence-corrected chi connectivity index (χ3v) is 5.20. The lowest BCUT2D eigenvalue weighted by Crippen LogP contribution is -3.06. The van der Waals surface area contributed by atoms with Gasteiger partial charge in [-0.25, -0.2) is 0 Å². The number of amides is 1. The van der Waals surface area contributed by atoms with E-state index in [2.05, 4.69) is 0 Å². The average Bonchev–Trinajstić information content (AvgIpc) is 2.97. The number of Topliss-reactive ketones (excluding diaryl/α,β-unsaturated/α-hetero) is 1. The fraction of sp³-hybridized carbons (Fsp3) is 0.304. The minimum absolute atomic E-state index is 0.128. The molecule has 1 atom stereocenters. The summed E-state index contributed by atoms with van der Waals surface area (Å²) in [4.78, 5) is 28.5. The molecule has 1 amide bonds. The summed E-state index contributed by atoms with van der Waals surface area (Å²) >= 11 is 0. The van der Waals surface area contributed by atoms with Gasteiger partial charge in [0.05, 0.1) is 45.9 Å². The van der Waals surface area contributed by atoms with Gasteiger partial charge in [-0.05, 0) is 36.2 Å². The number of ether oxygens (including phenoxy) is 1. The van der Waals surface area contributed by atoms with Gasteiger partial charge in [-0.3, -0.25) is 9.59 Å². The van der Waals surface area contributed by atoms with Gasteiger partial charge < -0.3 is 19.6 Å². The van der Waals surface area contributed by atoms with Crippen LogP contribution in [0.4, 0.5) is 0 Å². The Morgan fingerprint density at radius 1 is 1.14 bits per heavy atom. The fourth-order valence-corrected chi connectivity index (χ4v) is 3.61. The summed E-state index contributed by atoms with van der Waals surface area (Å²) in [6.45, 7) is 2.95. The van der Waals surface area contributed by atoms with E-state index < -0.39 is 17.7 Å². The Hall–Kier alpha value is -3.12. The molecule has 0 aliphatic carbocycles. The van der Waals surface area contributed by atoms with Crippen molar-refractivity contribution in [3.05, 3.63) is 70.8 Å². The molecule has 0 bridgehead atoms. The number of nitrogens with one attached hydrogen (secondary N) is 1. The van der Waals surface area contributed by atoms with Crippen LogP contribution >= 0.6 is 0 Å². The molecule has 2 aromatic carbocycles. The number of likely N-dealkylation sites (N-methyl/N-ethyl adjacent to an activating group) is 1. The number of benzene rings is 2. The second-order valence-electron chi connectivity index (χ2n) is 7.54. The van der Waals surface area contributed by atoms with Gasteiger partial charge in [0.25, 0.3) is 11.7 Å². The highest BCUT2D eigenvalue weighted by atomic mass is 16.5. The van der Waals surface area contributed by atoms with Gasteiger partial charge in [-0.1, -0.05) is 30.3 Å². The summed E-state index contributed by atoms with van der Waals surface area (Å²) in [7, 11) is 5.56. The number of rotatable bonds is 6. The van der Waals surface area contributed by atoms with Gasteiger partial charge in [0.15, 0.2) is 0 Å². The standard InChI is InChI=1S/C23H26N2O4/c1-15-14-17(29-4)10-11-18(15)21(26)19-20(16-8-6-5-7-9-16)25(13-12-24(2)3)23(28)22(19)27/h5-11,14,20,26H,12-13H2,1-4H3/p+1/t20-/m0/s1. The van der Waals surface area contributed by atoms with Crippen molar-refractivity contribution in [1.82, 2.24) is 4.90 Å². The van der Waals surface area contributed by atoms with Crippen LogP contribution in [0.2, 0.25) is 0 Å². The summed E-state index contributed by atoms with van der Waals surface area (Å²) in [5.74, 6) is -0.724. The Labute approximate surface area is 171 Å². The molecule has 0 aromatic heterocycles. The Morgan fingerprint density at radius 3 is 2.41 bits per heavy atom. The molecule has 1 heterocycles. The number of nitrogens with zero attached hydrogens (tertiary/aromatic N) is 1. The first-order chi connectivity index (χ1) is 13.8. The maximum absolute atomic E-state index is 13.0. The van der Waals surface area contributed by atoms with Crippen LogP contribution < -0.4 is 9.64 Å². The van der Waals surface area contributed by atoms with Crippen LogP contribution in [-0.4, -0.2) is 56.0 Å². The number of likely N-dealkylation sites (tertiary alicyclic amines) is 1. The molecule has 0 saturated carbocycles. The number of methoxy groups -OCH3 is 1. The van der Waals surface area contributed by atoms with Gasteiger partial charge in [0.2, 0.25) is 0 Å². The molecule has 152 valence electrons. The number of carbonyl (C=O) groups is 2. The third kappa shape index (κ3) is 4.03. The number of ketones is 1. The predicted molar refractivity (Wildman–Crippen MR) is 111 cm³/mol. The number of hydrogen-bond donors (Lipinski definition) is 2. The van der Waals surface area contributed by atoms with Crippen molar-refractivity contribution < 1.29 is 24.3 Å². The molecule has 3 rings (SSSR count). The van der Waals surface area contributed by atoms with E-state index in [4.69, 9.17) is 4.74 Å². The monoisotopic (exact) mass is 395 g/mol. The molecule has 1 fully saturated rings. The quantitative estimate of drug-likeness (QED) is 0.443. The van der Waals surface area contributed by atoms with E-state index >= 15 is 0 Å². The molecular weight excluding hydrogens is 368 g/mol. The number of quaternary nitrogens is 1. The van der Waals surface area contributed by atoms with Gasteiger partial charge >= 0.3 is 0 Å². The highest BCUT2D eigenvalue weighted by Gasteiger charge is 2.46. The lowest BCUT2D eigenvalue weighted by Gasteiger charge is -2.25. The SMILES string of the molecule is COc1ccc(C(O)=C2C(=O)C(=O)N(CC[NH+](C)C)[C@H]2c2ccccc2)c(C)c1. The molecule has 0 spiro atoms. The summed E-state index contributed by atoms with van der Waals surface area (Å²) in [5, 5.41) is 11.1. The van der Waals surface area contributed by atoms with Crippen LogP contribution in [0.3, 0.4) is 0 Å². The summed E-state index contributed by atoms with van der Waals surface area (Å²) in [5.41, 5.74) is 2.21. The zero-order valence-electron chi connectivity index (χ0n) is 17.2. The van der Waals surface area contributed by atoms with Gasteiger partial charge in [-0.15, -0.1) is 0 Å². The molecule has 6 heteroatoms.